The second kappa shape index (κ2) is 7.32. The van der Waals surface area contributed by atoms with Gasteiger partial charge in [-0.05, 0) is 31.1 Å². The fraction of sp³-hybridized carbons (Fsp3) is 0.765. The molecule has 2 saturated carbocycles. The third-order valence-corrected chi connectivity index (χ3v) is 5.73. The Kier molecular flexibility index (Phi) is 5.62. The number of methoxy groups -OCH3 is 2. The quantitative estimate of drug-likeness (QED) is 0.320. The molecule has 5 atom stereocenters. The Morgan fingerprint density at radius 3 is 2.50 bits per heavy atom. The highest BCUT2D eigenvalue weighted by molar-refractivity contribution is 6.09. The maximum Gasteiger partial charge on any atom is 0.320 e. The zero-order chi connectivity index (χ0) is 17.9. The molecule has 0 aromatic rings. The minimum Gasteiger partial charge on any atom is -0.469 e. The summed E-state index contributed by atoms with van der Waals surface area (Å²) < 4.78 is 14.8. The van der Waals surface area contributed by atoms with E-state index >= 15 is 0 Å². The minimum absolute atomic E-state index is 0.0330. The van der Waals surface area contributed by atoms with E-state index in [2.05, 4.69) is 0 Å². The molecule has 0 amide bonds. The van der Waals surface area contributed by atoms with E-state index in [4.69, 9.17) is 14.2 Å². The average Bonchev–Trinajstić information content (AvgIpc) is 2.87. The maximum atomic E-state index is 12.9. The molecule has 24 heavy (non-hydrogen) atoms. The molecule has 0 aromatic heterocycles. The molecule has 0 heterocycles. The zero-order valence-electron chi connectivity index (χ0n) is 14.3. The van der Waals surface area contributed by atoms with E-state index in [0.29, 0.717) is 19.3 Å². The molecule has 2 fully saturated rings. The molecule has 0 N–H and O–H groups in total. The van der Waals surface area contributed by atoms with Crippen LogP contribution in [0.5, 0.6) is 0 Å². The van der Waals surface area contributed by atoms with E-state index in [1.54, 1.807) is 0 Å². The van der Waals surface area contributed by atoms with Crippen LogP contribution in [0.3, 0.4) is 0 Å². The van der Waals surface area contributed by atoms with Crippen molar-refractivity contribution in [1.29, 1.82) is 0 Å². The summed E-state index contributed by atoms with van der Waals surface area (Å²) in [5.41, 5.74) is -1.55. The molecule has 7 heteroatoms. The van der Waals surface area contributed by atoms with Crippen LogP contribution in [-0.2, 0) is 33.4 Å². The average molecular weight is 340 g/mol. The molecule has 0 bridgehead atoms. The van der Waals surface area contributed by atoms with Crippen LogP contribution in [0.2, 0.25) is 0 Å². The Labute approximate surface area is 141 Å². The van der Waals surface area contributed by atoms with Crippen molar-refractivity contribution in [3.8, 4) is 0 Å². The molecule has 0 spiro atoms. The Bertz CT molecular complexity index is 529. The summed E-state index contributed by atoms with van der Waals surface area (Å²) in [4.78, 5) is 48.8. The maximum absolute atomic E-state index is 12.9. The number of ether oxygens (including phenoxy) is 3. The van der Waals surface area contributed by atoms with E-state index in [0.717, 1.165) is 6.42 Å². The van der Waals surface area contributed by atoms with Gasteiger partial charge in [0, 0.05) is 12.3 Å². The van der Waals surface area contributed by atoms with Gasteiger partial charge in [0.2, 0.25) is 0 Å². The van der Waals surface area contributed by atoms with Gasteiger partial charge in [-0.2, -0.15) is 0 Å². The highest BCUT2D eigenvalue weighted by Crippen LogP contribution is 2.56. The van der Waals surface area contributed by atoms with Crippen LogP contribution in [0.1, 0.15) is 32.6 Å². The summed E-state index contributed by atoms with van der Waals surface area (Å²) >= 11 is 0. The van der Waals surface area contributed by atoms with Gasteiger partial charge >= 0.3 is 11.9 Å². The first kappa shape index (κ1) is 18.4. The summed E-state index contributed by atoms with van der Waals surface area (Å²) in [7, 11) is 2.45. The molecule has 0 aliphatic heterocycles. The lowest BCUT2D eigenvalue weighted by Gasteiger charge is -2.39. The number of rotatable bonds is 5. The smallest absolute Gasteiger partial charge is 0.320 e. The van der Waals surface area contributed by atoms with E-state index in [1.165, 1.54) is 14.2 Å². The Morgan fingerprint density at radius 2 is 1.92 bits per heavy atom. The summed E-state index contributed by atoms with van der Waals surface area (Å²) in [6.45, 7) is 2.26. The van der Waals surface area contributed by atoms with Gasteiger partial charge < -0.3 is 14.2 Å². The SMILES string of the molecule is COC(=O)[C@H]1[C@H](COC=O)CC[C@@H](C)[C@@H]2CCC(=O)[C@@]21C(=O)OC. The third-order valence-electron chi connectivity index (χ3n) is 5.73. The predicted octanol–water partition coefficient (Wildman–Crippen LogP) is 1.13. The number of hydrogen-bond donors (Lipinski definition) is 0. The Hall–Kier alpha value is -1.92. The van der Waals surface area contributed by atoms with E-state index in [-0.39, 0.29) is 30.6 Å². The number of ketones is 1. The van der Waals surface area contributed by atoms with Gasteiger partial charge in [-0.1, -0.05) is 6.92 Å². The number of fused-ring (bicyclic) bond motifs is 1. The van der Waals surface area contributed by atoms with Crippen molar-refractivity contribution < 1.29 is 33.4 Å². The summed E-state index contributed by atoms with van der Waals surface area (Å²) in [6, 6.07) is 0. The van der Waals surface area contributed by atoms with E-state index in [1.807, 2.05) is 6.92 Å². The molecule has 0 unspecified atom stereocenters. The highest BCUT2D eigenvalue weighted by Gasteiger charge is 2.67. The first-order chi connectivity index (χ1) is 11.4. The van der Waals surface area contributed by atoms with Crippen molar-refractivity contribution in [2.24, 2.45) is 29.1 Å². The lowest BCUT2D eigenvalue weighted by molar-refractivity contribution is -0.177. The zero-order valence-corrected chi connectivity index (χ0v) is 14.3. The van der Waals surface area contributed by atoms with Gasteiger partial charge in [0.1, 0.15) is 5.41 Å². The number of carbonyl (C=O) groups is 4. The first-order valence-electron chi connectivity index (χ1n) is 8.19. The highest BCUT2D eigenvalue weighted by atomic mass is 16.5. The molecule has 0 radical (unpaired) electrons. The monoisotopic (exact) mass is 340 g/mol. The second-order valence-electron chi connectivity index (χ2n) is 6.67. The molecule has 0 saturated heterocycles. The minimum atomic E-state index is -1.55. The van der Waals surface area contributed by atoms with E-state index in [9.17, 15) is 19.2 Å². The normalized spacial score (nSPS) is 35.5. The molecule has 0 aromatic carbocycles. The van der Waals surface area contributed by atoms with Crippen molar-refractivity contribution in [2.75, 3.05) is 20.8 Å². The van der Waals surface area contributed by atoms with Crippen LogP contribution in [0.4, 0.5) is 0 Å². The summed E-state index contributed by atoms with van der Waals surface area (Å²) in [6.07, 6.45) is 2.08. The van der Waals surface area contributed by atoms with Crippen LogP contribution in [0.25, 0.3) is 0 Å². The molecule has 2 aliphatic carbocycles. The third kappa shape index (κ3) is 2.70. The van der Waals surface area contributed by atoms with Gasteiger partial charge in [-0.25, -0.2) is 0 Å². The molecule has 2 rings (SSSR count). The fourth-order valence-corrected chi connectivity index (χ4v) is 4.69. The van der Waals surface area contributed by atoms with Crippen molar-refractivity contribution in [2.45, 2.75) is 32.6 Å². The number of esters is 2. The molecule has 2 aliphatic rings. The number of carbonyl (C=O) groups excluding carboxylic acids is 4. The van der Waals surface area contributed by atoms with Crippen molar-refractivity contribution >= 4 is 24.2 Å². The number of Topliss-reactive ketones (excluding diaryl/α,β-unsaturated/α-hetero) is 1. The van der Waals surface area contributed by atoms with Gasteiger partial charge in [-0.3, -0.25) is 19.2 Å². The second-order valence-corrected chi connectivity index (χ2v) is 6.67. The largest absolute Gasteiger partial charge is 0.469 e. The predicted molar refractivity (Wildman–Crippen MR) is 81.6 cm³/mol. The van der Waals surface area contributed by atoms with Crippen LogP contribution in [0, 0.1) is 29.1 Å². The van der Waals surface area contributed by atoms with Crippen molar-refractivity contribution in [3.05, 3.63) is 0 Å². The van der Waals surface area contributed by atoms with Gasteiger partial charge in [0.25, 0.3) is 6.47 Å². The lowest BCUT2D eigenvalue weighted by Crippen LogP contribution is -2.54. The Morgan fingerprint density at radius 1 is 1.21 bits per heavy atom. The van der Waals surface area contributed by atoms with Crippen LogP contribution in [0.15, 0.2) is 0 Å². The molecule has 134 valence electrons. The standard InChI is InChI=1S/C17H24O7/c1-10-4-5-11(8-24-9-18)14(15(20)22-2)17(16(21)23-3)12(10)6-7-13(17)19/h9-12,14H,4-8H2,1-3H3/t10-,11+,12+,14-,17+/m1/s1. The van der Waals surface area contributed by atoms with Gasteiger partial charge in [0.05, 0.1) is 26.7 Å². The van der Waals surface area contributed by atoms with Crippen molar-refractivity contribution in [1.82, 2.24) is 0 Å². The molecular weight excluding hydrogens is 316 g/mol. The topological polar surface area (TPSA) is 96.0 Å². The van der Waals surface area contributed by atoms with E-state index < -0.39 is 29.2 Å². The lowest BCUT2D eigenvalue weighted by atomic mass is 9.62. The summed E-state index contributed by atoms with van der Waals surface area (Å²) in [5, 5.41) is 0. The number of hydrogen-bond acceptors (Lipinski definition) is 7. The fourth-order valence-electron chi connectivity index (χ4n) is 4.69. The van der Waals surface area contributed by atoms with Crippen LogP contribution in [-0.4, -0.2) is 45.0 Å². The van der Waals surface area contributed by atoms with Gasteiger partial charge in [0.15, 0.2) is 5.78 Å². The van der Waals surface area contributed by atoms with Crippen LogP contribution < -0.4 is 0 Å². The Balaban J connectivity index is 2.61. The van der Waals surface area contributed by atoms with Crippen LogP contribution >= 0.6 is 0 Å². The first-order valence-corrected chi connectivity index (χ1v) is 8.19. The summed E-state index contributed by atoms with van der Waals surface area (Å²) in [5.74, 6) is -3.26. The van der Waals surface area contributed by atoms with Crippen molar-refractivity contribution in [3.63, 3.8) is 0 Å². The molecular formula is C17H24O7. The van der Waals surface area contributed by atoms with Gasteiger partial charge in [-0.15, -0.1) is 0 Å². The molecule has 7 nitrogen and oxygen atoms in total.